The van der Waals surface area contributed by atoms with Gasteiger partial charge in [0, 0.05) is 0 Å². The van der Waals surface area contributed by atoms with E-state index in [4.69, 9.17) is 11.1 Å². The first-order chi connectivity index (χ1) is 3.31. The van der Waals surface area contributed by atoms with Gasteiger partial charge in [-0.2, -0.15) is 11.1 Å². The van der Waals surface area contributed by atoms with Crippen LogP contribution < -0.4 is 0 Å². The summed E-state index contributed by atoms with van der Waals surface area (Å²) in [5, 5.41) is 0. The van der Waals surface area contributed by atoms with E-state index in [1.807, 2.05) is 0 Å². The van der Waals surface area contributed by atoms with E-state index in [-0.39, 0.29) is 8.83 Å². The van der Waals surface area contributed by atoms with Crippen LogP contribution >= 0.6 is 11.1 Å². The lowest BCUT2D eigenvalue weighted by Crippen LogP contribution is -1.89. The minimum absolute atomic E-state index is 0.200. The average molecular weight is 137 g/mol. The Labute approximate surface area is 52.8 Å². The quantitative estimate of drug-likeness (QED) is 0.411. The smallest absolute Gasteiger partial charge is 0.128 e. The SMILES string of the molecule is CCCC(C)[SiH2]Cl. The van der Waals surface area contributed by atoms with Gasteiger partial charge in [0.1, 0.15) is 8.83 Å². The molecule has 0 rings (SSSR count). The zero-order valence-corrected chi connectivity index (χ0v) is 7.25. The molecule has 0 heterocycles. The molecule has 0 aromatic carbocycles. The van der Waals surface area contributed by atoms with Crippen LogP contribution in [0.15, 0.2) is 0 Å². The molecule has 0 radical (unpaired) electrons. The zero-order valence-electron chi connectivity index (χ0n) is 5.08. The Morgan fingerprint density at radius 2 is 2.29 bits per heavy atom. The van der Waals surface area contributed by atoms with Crippen molar-refractivity contribution in [3.8, 4) is 0 Å². The van der Waals surface area contributed by atoms with Crippen LogP contribution in [0.5, 0.6) is 0 Å². The fraction of sp³-hybridized carbons (Fsp3) is 1.00. The summed E-state index contributed by atoms with van der Waals surface area (Å²) in [5.41, 5.74) is 0.853. The third-order valence-electron chi connectivity index (χ3n) is 1.04. The van der Waals surface area contributed by atoms with Crippen LogP contribution in [-0.4, -0.2) is 8.83 Å². The van der Waals surface area contributed by atoms with Crippen molar-refractivity contribution in [2.45, 2.75) is 32.2 Å². The van der Waals surface area contributed by atoms with Gasteiger partial charge in [-0.05, 0) is 5.54 Å². The first-order valence-electron chi connectivity index (χ1n) is 2.87. The van der Waals surface area contributed by atoms with Crippen molar-refractivity contribution in [3.05, 3.63) is 0 Å². The van der Waals surface area contributed by atoms with Gasteiger partial charge < -0.3 is 0 Å². The molecule has 0 N–H and O–H groups in total. The predicted molar refractivity (Wildman–Crippen MR) is 38.7 cm³/mol. The van der Waals surface area contributed by atoms with E-state index < -0.39 is 0 Å². The predicted octanol–water partition coefficient (Wildman–Crippen LogP) is 1.92. The topological polar surface area (TPSA) is 0 Å². The largest absolute Gasteiger partial charge is 0.176 e. The maximum atomic E-state index is 5.67. The minimum Gasteiger partial charge on any atom is -0.176 e. The molecular formula is C5H13ClSi. The fourth-order valence-corrected chi connectivity index (χ4v) is 1.60. The van der Waals surface area contributed by atoms with Gasteiger partial charge >= 0.3 is 0 Å². The van der Waals surface area contributed by atoms with Crippen molar-refractivity contribution >= 4 is 19.9 Å². The molecule has 1 atom stereocenters. The van der Waals surface area contributed by atoms with Gasteiger partial charge in [-0.3, -0.25) is 0 Å². The molecule has 0 fully saturated rings. The van der Waals surface area contributed by atoms with E-state index in [1.165, 1.54) is 12.8 Å². The minimum atomic E-state index is -0.200. The van der Waals surface area contributed by atoms with Gasteiger partial charge in [0.05, 0.1) is 0 Å². The standard InChI is InChI=1S/C5H13ClSi/c1-3-4-5(2)7-6/h5H,3-4,7H2,1-2H3. The van der Waals surface area contributed by atoms with Crippen LogP contribution in [0.2, 0.25) is 5.54 Å². The van der Waals surface area contributed by atoms with Crippen LogP contribution in [0.4, 0.5) is 0 Å². The zero-order chi connectivity index (χ0) is 5.70. The van der Waals surface area contributed by atoms with Gasteiger partial charge in [0.2, 0.25) is 0 Å². The van der Waals surface area contributed by atoms with Crippen molar-refractivity contribution in [1.29, 1.82) is 0 Å². The fourth-order valence-electron chi connectivity index (χ4n) is 0.570. The lowest BCUT2D eigenvalue weighted by Gasteiger charge is -2.00. The molecule has 44 valence electrons. The Kier molecular flexibility index (Phi) is 5.00. The second-order valence-electron chi connectivity index (χ2n) is 2.05. The summed E-state index contributed by atoms with van der Waals surface area (Å²) >= 11 is 5.67. The highest BCUT2D eigenvalue weighted by Crippen LogP contribution is 2.10. The van der Waals surface area contributed by atoms with Crippen molar-refractivity contribution in [2.24, 2.45) is 0 Å². The van der Waals surface area contributed by atoms with E-state index >= 15 is 0 Å². The van der Waals surface area contributed by atoms with E-state index in [0.717, 1.165) is 5.54 Å². The molecule has 0 aromatic rings. The Bertz CT molecular complexity index is 39.1. The molecular weight excluding hydrogens is 124 g/mol. The Balaban J connectivity index is 2.83. The second-order valence-corrected chi connectivity index (χ2v) is 4.68. The van der Waals surface area contributed by atoms with Gasteiger partial charge in [-0.1, -0.05) is 26.7 Å². The van der Waals surface area contributed by atoms with Crippen molar-refractivity contribution in [3.63, 3.8) is 0 Å². The molecule has 0 saturated heterocycles. The number of hydrogen-bond donors (Lipinski definition) is 0. The first kappa shape index (κ1) is 7.51. The number of rotatable bonds is 3. The maximum absolute atomic E-state index is 5.67. The molecule has 0 amide bonds. The van der Waals surface area contributed by atoms with E-state index in [0.29, 0.717) is 0 Å². The Hall–Kier alpha value is 0.507. The molecule has 0 aliphatic rings. The molecule has 2 heteroatoms. The lowest BCUT2D eigenvalue weighted by molar-refractivity contribution is 0.767. The number of halogens is 1. The van der Waals surface area contributed by atoms with Gasteiger partial charge in [-0.15, -0.1) is 0 Å². The van der Waals surface area contributed by atoms with Crippen LogP contribution in [0.1, 0.15) is 26.7 Å². The second kappa shape index (κ2) is 4.66. The summed E-state index contributed by atoms with van der Waals surface area (Å²) in [5.74, 6) is 0. The summed E-state index contributed by atoms with van der Waals surface area (Å²) in [6.07, 6.45) is 2.62. The molecule has 0 spiro atoms. The van der Waals surface area contributed by atoms with Crippen LogP contribution in [-0.2, 0) is 0 Å². The molecule has 0 aliphatic carbocycles. The molecule has 0 bridgehead atoms. The van der Waals surface area contributed by atoms with Crippen molar-refractivity contribution in [1.82, 2.24) is 0 Å². The van der Waals surface area contributed by atoms with E-state index in [2.05, 4.69) is 13.8 Å². The number of hydrogen-bond acceptors (Lipinski definition) is 0. The molecule has 0 saturated carbocycles. The summed E-state index contributed by atoms with van der Waals surface area (Å²) in [6, 6.07) is 0. The van der Waals surface area contributed by atoms with Gasteiger partial charge in [0.15, 0.2) is 0 Å². The molecule has 0 aromatic heterocycles. The first-order valence-corrected chi connectivity index (χ1v) is 5.82. The Morgan fingerprint density at radius 3 is 2.43 bits per heavy atom. The lowest BCUT2D eigenvalue weighted by atomic mass is 10.3. The summed E-state index contributed by atoms with van der Waals surface area (Å²) in [4.78, 5) is 0. The highest BCUT2D eigenvalue weighted by atomic mass is 35.6. The summed E-state index contributed by atoms with van der Waals surface area (Å²) in [6.45, 7) is 4.44. The van der Waals surface area contributed by atoms with Crippen molar-refractivity contribution in [2.75, 3.05) is 0 Å². The highest BCUT2D eigenvalue weighted by molar-refractivity contribution is 6.94. The van der Waals surface area contributed by atoms with E-state index in [1.54, 1.807) is 0 Å². The third-order valence-corrected chi connectivity index (χ3v) is 3.56. The van der Waals surface area contributed by atoms with Gasteiger partial charge in [-0.25, -0.2) is 0 Å². The molecule has 0 aliphatic heterocycles. The molecule has 7 heavy (non-hydrogen) atoms. The highest BCUT2D eigenvalue weighted by Gasteiger charge is 1.95. The molecule has 0 nitrogen and oxygen atoms in total. The normalized spacial score (nSPS) is 15.9. The monoisotopic (exact) mass is 136 g/mol. The summed E-state index contributed by atoms with van der Waals surface area (Å²) in [7, 11) is -0.200. The van der Waals surface area contributed by atoms with Gasteiger partial charge in [0.25, 0.3) is 0 Å². The van der Waals surface area contributed by atoms with Crippen LogP contribution in [0, 0.1) is 0 Å². The van der Waals surface area contributed by atoms with E-state index in [9.17, 15) is 0 Å². The van der Waals surface area contributed by atoms with Crippen LogP contribution in [0.25, 0.3) is 0 Å². The molecule has 1 unspecified atom stereocenters. The third kappa shape index (κ3) is 4.36. The maximum Gasteiger partial charge on any atom is 0.128 e. The van der Waals surface area contributed by atoms with Crippen molar-refractivity contribution < 1.29 is 0 Å². The summed E-state index contributed by atoms with van der Waals surface area (Å²) < 4.78 is 0. The average Bonchev–Trinajstić information content (AvgIpc) is 1.68. The van der Waals surface area contributed by atoms with Crippen LogP contribution in [0.3, 0.4) is 0 Å². The Morgan fingerprint density at radius 1 is 1.71 bits per heavy atom.